The molecule has 1 atom stereocenters. The van der Waals surface area contributed by atoms with Crippen LogP contribution in [0, 0.1) is 13.8 Å². The van der Waals surface area contributed by atoms with Gasteiger partial charge in [-0.2, -0.15) is 0 Å². The summed E-state index contributed by atoms with van der Waals surface area (Å²) < 4.78 is 5.75. The van der Waals surface area contributed by atoms with E-state index >= 15 is 0 Å². The highest BCUT2D eigenvalue weighted by Crippen LogP contribution is 2.26. The van der Waals surface area contributed by atoms with Crippen molar-refractivity contribution in [1.29, 1.82) is 0 Å². The lowest BCUT2D eigenvalue weighted by Crippen LogP contribution is -2.30. The molecule has 1 aromatic heterocycles. The van der Waals surface area contributed by atoms with Crippen LogP contribution >= 0.6 is 0 Å². The molecule has 1 aromatic carbocycles. The van der Waals surface area contributed by atoms with Crippen molar-refractivity contribution in [2.75, 3.05) is 0 Å². The highest BCUT2D eigenvalue weighted by molar-refractivity contribution is 5.37. The molecule has 2 aromatic rings. The summed E-state index contributed by atoms with van der Waals surface area (Å²) in [4.78, 5) is 4.53. The molecule has 1 unspecified atom stereocenters. The Bertz CT molecular complexity index is 611. The van der Waals surface area contributed by atoms with Gasteiger partial charge in [0, 0.05) is 6.20 Å². The van der Waals surface area contributed by atoms with Gasteiger partial charge in [-0.1, -0.05) is 18.2 Å². The van der Waals surface area contributed by atoms with Crippen molar-refractivity contribution >= 4 is 0 Å². The number of nitrogens with one attached hydrogen (secondary N) is 1. The number of rotatable bonds is 5. The number of hydrogen-bond acceptors (Lipinski definition) is 4. The van der Waals surface area contributed by atoms with Gasteiger partial charge < -0.3 is 4.74 Å². The Morgan fingerprint density at radius 1 is 1.19 bits per heavy atom. The van der Waals surface area contributed by atoms with Crippen molar-refractivity contribution in [3.63, 3.8) is 0 Å². The maximum absolute atomic E-state index is 5.76. The Labute approximate surface area is 126 Å². The molecule has 21 heavy (non-hydrogen) atoms. The second kappa shape index (κ2) is 6.70. The lowest BCUT2D eigenvalue weighted by Gasteiger charge is -2.19. The Balaban J connectivity index is 2.37. The smallest absolute Gasteiger partial charge is 0.120 e. The Morgan fingerprint density at radius 2 is 1.95 bits per heavy atom. The average Bonchev–Trinajstić information content (AvgIpc) is 2.41. The number of aromatic nitrogens is 1. The maximum Gasteiger partial charge on any atom is 0.120 e. The molecule has 0 fully saturated rings. The van der Waals surface area contributed by atoms with Crippen molar-refractivity contribution in [2.45, 2.75) is 39.8 Å². The Hall–Kier alpha value is -1.91. The monoisotopic (exact) mass is 285 g/mol. The lowest BCUT2D eigenvalue weighted by atomic mass is 9.99. The first-order valence-corrected chi connectivity index (χ1v) is 7.17. The van der Waals surface area contributed by atoms with E-state index in [1.165, 1.54) is 0 Å². The molecule has 4 nitrogen and oxygen atoms in total. The number of benzene rings is 1. The molecule has 3 N–H and O–H groups in total. The molecule has 0 aliphatic heterocycles. The molecule has 0 radical (unpaired) electrons. The van der Waals surface area contributed by atoms with E-state index in [0.29, 0.717) is 0 Å². The first kappa shape index (κ1) is 15.5. The zero-order chi connectivity index (χ0) is 15.4. The molecule has 4 heteroatoms. The first-order valence-electron chi connectivity index (χ1n) is 7.17. The highest BCUT2D eigenvalue weighted by atomic mass is 16.5. The number of nitrogens with zero attached hydrogens (tertiary/aromatic N) is 1. The van der Waals surface area contributed by atoms with Gasteiger partial charge in [0.05, 0.1) is 17.8 Å². The fourth-order valence-electron chi connectivity index (χ4n) is 2.40. The summed E-state index contributed by atoms with van der Waals surface area (Å²) in [6.45, 7) is 8.11. The molecule has 0 aliphatic rings. The van der Waals surface area contributed by atoms with Crippen LogP contribution in [-0.2, 0) is 0 Å². The number of aryl methyl sites for hydroxylation is 2. The molecular formula is C17H23N3O. The summed E-state index contributed by atoms with van der Waals surface area (Å²) >= 11 is 0. The van der Waals surface area contributed by atoms with E-state index in [9.17, 15) is 0 Å². The molecule has 0 amide bonds. The number of ether oxygens (including phenoxy) is 1. The van der Waals surface area contributed by atoms with E-state index in [-0.39, 0.29) is 12.1 Å². The zero-order valence-electron chi connectivity index (χ0n) is 13.1. The van der Waals surface area contributed by atoms with Crippen molar-refractivity contribution in [3.8, 4) is 5.75 Å². The minimum absolute atomic E-state index is 0.142. The summed E-state index contributed by atoms with van der Waals surface area (Å²) in [5, 5.41) is 0. The average molecular weight is 285 g/mol. The summed E-state index contributed by atoms with van der Waals surface area (Å²) in [6, 6.07) is 9.92. The molecule has 0 saturated heterocycles. The number of hydrazine groups is 1. The van der Waals surface area contributed by atoms with E-state index in [1.807, 2.05) is 58.2 Å². The minimum Gasteiger partial charge on any atom is -0.491 e. The predicted molar refractivity (Wildman–Crippen MR) is 85.1 cm³/mol. The third kappa shape index (κ3) is 3.80. The van der Waals surface area contributed by atoms with Gasteiger partial charge in [0.15, 0.2) is 0 Å². The second-order valence-corrected chi connectivity index (χ2v) is 5.55. The molecule has 0 bridgehead atoms. The van der Waals surface area contributed by atoms with Crippen molar-refractivity contribution < 1.29 is 4.74 Å². The van der Waals surface area contributed by atoms with E-state index in [2.05, 4.69) is 16.5 Å². The van der Waals surface area contributed by atoms with Crippen LogP contribution in [0.2, 0.25) is 0 Å². The third-order valence-corrected chi connectivity index (χ3v) is 3.26. The summed E-state index contributed by atoms with van der Waals surface area (Å²) in [7, 11) is 0. The van der Waals surface area contributed by atoms with Gasteiger partial charge in [0.25, 0.3) is 0 Å². The van der Waals surface area contributed by atoms with E-state index < -0.39 is 0 Å². The van der Waals surface area contributed by atoms with Gasteiger partial charge in [-0.15, -0.1) is 0 Å². The van der Waals surface area contributed by atoms with E-state index in [1.54, 1.807) is 0 Å². The first-order chi connectivity index (χ1) is 10.0. The molecule has 1 heterocycles. The van der Waals surface area contributed by atoms with Crippen LogP contribution in [-0.4, -0.2) is 11.1 Å². The highest BCUT2D eigenvalue weighted by Gasteiger charge is 2.17. The van der Waals surface area contributed by atoms with Gasteiger partial charge in [0.2, 0.25) is 0 Å². The zero-order valence-corrected chi connectivity index (χ0v) is 13.1. The van der Waals surface area contributed by atoms with Crippen molar-refractivity contribution in [2.24, 2.45) is 5.84 Å². The lowest BCUT2D eigenvalue weighted by molar-refractivity contribution is 0.242. The van der Waals surface area contributed by atoms with Gasteiger partial charge >= 0.3 is 0 Å². The summed E-state index contributed by atoms with van der Waals surface area (Å²) in [5.41, 5.74) is 7.09. The number of pyridine rings is 1. The van der Waals surface area contributed by atoms with Crippen LogP contribution in [0.25, 0.3) is 0 Å². The molecule has 2 rings (SSSR count). The minimum atomic E-state index is -0.152. The Kier molecular flexibility index (Phi) is 4.94. The standard InChI is InChI=1S/C17H23N3O/c1-11(2)21-15-7-5-6-14(9-15)17(20-18)16-13(4)8-12(3)10-19-16/h5-11,17,20H,18H2,1-4H3. The van der Waals surface area contributed by atoms with Crippen LogP contribution in [0.3, 0.4) is 0 Å². The molecule has 0 saturated carbocycles. The van der Waals surface area contributed by atoms with Crippen LogP contribution in [0.15, 0.2) is 36.5 Å². The number of nitrogens with two attached hydrogens (primary N) is 1. The van der Waals surface area contributed by atoms with Crippen LogP contribution in [0.1, 0.15) is 42.3 Å². The van der Waals surface area contributed by atoms with Crippen molar-refractivity contribution in [1.82, 2.24) is 10.4 Å². The van der Waals surface area contributed by atoms with E-state index in [4.69, 9.17) is 10.6 Å². The second-order valence-electron chi connectivity index (χ2n) is 5.55. The maximum atomic E-state index is 5.76. The van der Waals surface area contributed by atoms with Gasteiger partial charge in [-0.05, 0) is 56.5 Å². The summed E-state index contributed by atoms with van der Waals surface area (Å²) in [5.74, 6) is 6.60. The molecular weight excluding hydrogens is 262 g/mol. The van der Waals surface area contributed by atoms with E-state index in [0.717, 1.165) is 28.1 Å². The fraction of sp³-hybridized carbons (Fsp3) is 0.353. The molecule has 0 aliphatic carbocycles. The van der Waals surface area contributed by atoms with Crippen LogP contribution in [0.5, 0.6) is 5.75 Å². The summed E-state index contributed by atoms with van der Waals surface area (Å²) in [6.07, 6.45) is 2.00. The quantitative estimate of drug-likeness (QED) is 0.655. The SMILES string of the molecule is Cc1cnc(C(NN)c2cccc(OC(C)C)c2)c(C)c1. The Morgan fingerprint density at radius 3 is 2.57 bits per heavy atom. The normalized spacial score (nSPS) is 12.5. The van der Waals surface area contributed by atoms with Crippen LogP contribution in [0.4, 0.5) is 0 Å². The van der Waals surface area contributed by atoms with Gasteiger partial charge in [0.1, 0.15) is 5.75 Å². The van der Waals surface area contributed by atoms with Gasteiger partial charge in [-0.25, -0.2) is 5.43 Å². The fourth-order valence-corrected chi connectivity index (χ4v) is 2.40. The molecule has 112 valence electrons. The predicted octanol–water partition coefficient (Wildman–Crippen LogP) is 3.04. The third-order valence-electron chi connectivity index (χ3n) is 3.26. The number of hydrogen-bond donors (Lipinski definition) is 2. The van der Waals surface area contributed by atoms with Gasteiger partial charge in [-0.3, -0.25) is 10.8 Å². The van der Waals surface area contributed by atoms with Crippen LogP contribution < -0.4 is 16.0 Å². The topological polar surface area (TPSA) is 60.2 Å². The largest absolute Gasteiger partial charge is 0.491 e. The van der Waals surface area contributed by atoms with Crippen molar-refractivity contribution in [3.05, 3.63) is 58.9 Å². The molecule has 0 spiro atoms.